The van der Waals surface area contributed by atoms with Crippen LogP contribution in [0.4, 0.5) is 5.69 Å². The minimum absolute atomic E-state index is 0.130. The van der Waals surface area contributed by atoms with Crippen molar-refractivity contribution in [1.29, 1.82) is 0 Å². The van der Waals surface area contributed by atoms with Crippen LogP contribution in [0.1, 0.15) is 50.4 Å². The van der Waals surface area contributed by atoms with Crippen molar-refractivity contribution in [2.24, 2.45) is 0 Å². The Balaban J connectivity index is 3.10. The molecular weight excluding hydrogens is 332 g/mol. The first-order valence-electron chi connectivity index (χ1n) is 7.75. The van der Waals surface area contributed by atoms with Crippen LogP contribution >= 0.6 is 11.8 Å². The number of carbonyl (C=O) groups excluding carboxylic acids is 1. The number of rotatable bonds is 9. The van der Waals surface area contributed by atoms with Crippen molar-refractivity contribution >= 4 is 29.3 Å². The van der Waals surface area contributed by atoms with E-state index in [-0.39, 0.29) is 16.5 Å². The topological polar surface area (TPSA) is 110 Å². The molecule has 1 atom stereocenters. The van der Waals surface area contributed by atoms with Crippen molar-refractivity contribution in [3.63, 3.8) is 0 Å². The number of carbonyl (C=O) groups is 2. The molecule has 0 spiro atoms. The molecule has 0 aliphatic carbocycles. The third-order valence-corrected chi connectivity index (χ3v) is 4.31. The maximum absolute atomic E-state index is 12.5. The molecule has 8 heteroatoms. The van der Waals surface area contributed by atoms with Gasteiger partial charge in [0.25, 0.3) is 11.6 Å². The minimum Gasteiger partial charge on any atom is -0.480 e. The standard InChI is InChI=1S/C16H22N2O5S/c1-4-5-6-13(16(20)21)17-15(19)12-9-11(18(22)23)7-8-14(12)24-10(2)3/h7-10,13H,4-6H2,1-3H3,(H,17,19)(H,20,21). The first-order valence-corrected chi connectivity index (χ1v) is 8.63. The van der Waals surface area contributed by atoms with Crippen LogP contribution in [0.2, 0.25) is 0 Å². The van der Waals surface area contributed by atoms with Crippen LogP contribution in [0.15, 0.2) is 23.1 Å². The lowest BCUT2D eigenvalue weighted by Gasteiger charge is -2.16. The van der Waals surface area contributed by atoms with Gasteiger partial charge in [-0.05, 0) is 12.5 Å². The summed E-state index contributed by atoms with van der Waals surface area (Å²) in [5.41, 5.74) is -0.0701. The normalized spacial score (nSPS) is 12.0. The fraction of sp³-hybridized carbons (Fsp3) is 0.500. The second-order valence-corrected chi connectivity index (χ2v) is 7.23. The number of nitrogens with one attached hydrogen (secondary N) is 1. The number of hydrogen-bond acceptors (Lipinski definition) is 5. The summed E-state index contributed by atoms with van der Waals surface area (Å²) in [6, 6.07) is 3.06. The number of carboxylic acids is 1. The number of nitro benzene ring substituents is 1. The number of non-ortho nitro benzene ring substituents is 1. The molecule has 132 valence electrons. The van der Waals surface area contributed by atoms with Crippen molar-refractivity contribution in [3.05, 3.63) is 33.9 Å². The van der Waals surface area contributed by atoms with E-state index in [1.807, 2.05) is 20.8 Å². The average molecular weight is 354 g/mol. The zero-order valence-corrected chi connectivity index (χ0v) is 14.8. The molecule has 1 aromatic rings. The highest BCUT2D eigenvalue weighted by Crippen LogP contribution is 2.29. The van der Waals surface area contributed by atoms with Crippen LogP contribution < -0.4 is 5.32 Å². The molecule has 0 radical (unpaired) electrons. The van der Waals surface area contributed by atoms with E-state index >= 15 is 0 Å². The van der Waals surface area contributed by atoms with Crippen molar-refractivity contribution in [3.8, 4) is 0 Å². The lowest BCUT2D eigenvalue weighted by Crippen LogP contribution is -2.40. The van der Waals surface area contributed by atoms with Crippen LogP contribution in [-0.2, 0) is 4.79 Å². The summed E-state index contributed by atoms with van der Waals surface area (Å²) >= 11 is 1.40. The monoisotopic (exact) mass is 354 g/mol. The summed E-state index contributed by atoms with van der Waals surface area (Å²) in [5, 5.41) is 22.8. The Bertz CT molecular complexity index is 618. The molecule has 0 saturated heterocycles. The summed E-state index contributed by atoms with van der Waals surface area (Å²) in [7, 11) is 0. The summed E-state index contributed by atoms with van der Waals surface area (Å²) in [6.07, 6.45) is 1.80. The Hall–Kier alpha value is -2.09. The average Bonchev–Trinajstić information content (AvgIpc) is 2.50. The lowest BCUT2D eigenvalue weighted by molar-refractivity contribution is -0.384. The van der Waals surface area contributed by atoms with Gasteiger partial charge < -0.3 is 10.4 Å². The van der Waals surface area contributed by atoms with Crippen molar-refractivity contribution < 1.29 is 19.6 Å². The Labute approximate surface area is 145 Å². The van der Waals surface area contributed by atoms with Crippen LogP contribution in [0, 0.1) is 10.1 Å². The summed E-state index contributed by atoms with van der Waals surface area (Å²) < 4.78 is 0. The lowest BCUT2D eigenvalue weighted by atomic mass is 10.1. The van der Waals surface area contributed by atoms with E-state index in [0.29, 0.717) is 17.7 Å². The van der Waals surface area contributed by atoms with E-state index in [1.54, 1.807) is 0 Å². The maximum Gasteiger partial charge on any atom is 0.326 e. The molecule has 0 aromatic heterocycles. The third kappa shape index (κ3) is 5.84. The summed E-state index contributed by atoms with van der Waals surface area (Å²) in [4.78, 5) is 34.7. The van der Waals surface area contributed by atoms with E-state index in [2.05, 4.69) is 5.32 Å². The van der Waals surface area contributed by atoms with Crippen molar-refractivity contribution in [1.82, 2.24) is 5.32 Å². The van der Waals surface area contributed by atoms with Gasteiger partial charge >= 0.3 is 5.97 Å². The number of carboxylic acid groups (broad SMARTS) is 1. The molecule has 2 N–H and O–H groups in total. The van der Waals surface area contributed by atoms with Crippen LogP contribution in [0.25, 0.3) is 0 Å². The molecule has 0 heterocycles. The van der Waals surface area contributed by atoms with E-state index < -0.39 is 22.8 Å². The van der Waals surface area contributed by atoms with Gasteiger partial charge in [-0.1, -0.05) is 33.6 Å². The fourth-order valence-electron chi connectivity index (χ4n) is 2.07. The first-order chi connectivity index (χ1) is 11.3. The number of nitro groups is 1. The molecule has 0 fully saturated rings. The minimum atomic E-state index is -1.11. The molecular formula is C16H22N2O5S. The molecule has 24 heavy (non-hydrogen) atoms. The van der Waals surface area contributed by atoms with E-state index in [0.717, 1.165) is 6.42 Å². The van der Waals surface area contributed by atoms with Crippen LogP contribution in [0.5, 0.6) is 0 Å². The van der Waals surface area contributed by atoms with E-state index in [4.69, 9.17) is 0 Å². The maximum atomic E-state index is 12.5. The third-order valence-electron chi connectivity index (χ3n) is 3.23. The fourth-order valence-corrected chi connectivity index (χ4v) is 3.00. The highest BCUT2D eigenvalue weighted by atomic mass is 32.2. The SMILES string of the molecule is CCCCC(NC(=O)c1cc([N+](=O)[O-])ccc1SC(C)C)C(=O)O. The van der Waals surface area contributed by atoms with Crippen LogP contribution in [0.3, 0.4) is 0 Å². The zero-order chi connectivity index (χ0) is 18.3. The molecule has 1 unspecified atom stereocenters. The first kappa shape index (κ1) is 20.0. The summed E-state index contributed by atoms with van der Waals surface area (Å²) in [5.74, 6) is -1.72. The number of benzene rings is 1. The quantitative estimate of drug-likeness (QED) is 0.399. The molecule has 0 bridgehead atoms. The van der Waals surface area contributed by atoms with Gasteiger partial charge in [-0.2, -0.15) is 0 Å². The molecule has 0 saturated carbocycles. The van der Waals surface area contributed by atoms with Gasteiger partial charge in [-0.25, -0.2) is 4.79 Å². The largest absolute Gasteiger partial charge is 0.480 e. The molecule has 0 aliphatic heterocycles. The molecule has 1 rings (SSSR count). The Morgan fingerprint density at radius 1 is 1.38 bits per heavy atom. The zero-order valence-electron chi connectivity index (χ0n) is 13.9. The van der Waals surface area contributed by atoms with Gasteiger partial charge in [-0.15, -0.1) is 11.8 Å². The number of hydrogen-bond donors (Lipinski definition) is 2. The number of thioether (sulfide) groups is 1. The molecule has 1 amide bonds. The number of unbranched alkanes of at least 4 members (excludes halogenated alkanes) is 1. The Morgan fingerprint density at radius 2 is 2.04 bits per heavy atom. The van der Waals surface area contributed by atoms with Gasteiger partial charge in [0.15, 0.2) is 0 Å². The highest BCUT2D eigenvalue weighted by molar-refractivity contribution is 8.00. The molecule has 7 nitrogen and oxygen atoms in total. The number of amides is 1. The predicted octanol–water partition coefficient (Wildman–Crippen LogP) is 3.47. The molecule has 0 aliphatic rings. The highest BCUT2D eigenvalue weighted by Gasteiger charge is 2.23. The second kappa shape index (κ2) is 9.27. The van der Waals surface area contributed by atoms with Crippen molar-refractivity contribution in [2.45, 2.75) is 56.2 Å². The van der Waals surface area contributed by atoms with E-state index in [1.165, 1.54) is 30.0 Å². The van der Waals surface area contributed by atoms with Gasteiger partial charge in [-0.3, -0.25) is 14.9 Å². The molecule has 1 aromatic carbocycles. The van der Waals surface area contributed by atoms with Crippen molar-refractivity contribution in [2.75, 3.05) is 0 Å². The number of aliphatic carboxylic acids is 1. The van der Waals surface area contributed by atoms with E-state index in [9.17, 15) is 24.8 Å². The second-order valence-electron chi connectivity index (χ2n) is 5.61. The summed E-state index contributed by atoms with van der Waals surface area (Å²) in [6.45, 7) is 5.81. The van der Waals surface area contributed by atoms with Crippen LogP contribution in [-0.4, -0.2) is 33.2 Å². The Kier molecular flexibility index (Phi) is 7.70. The van der Waals surface area contributed by atoms with Gasteiger partial charge in [0.2, 0.25) is 0 Å². The smallest absolute Gasteiger partial charge is 0.326 e. The Morgan fingerprint density at radius 3 is 2.54 bits per heavy atom. The number of nitrogens with zero attached hydrogens (tertiary/aromatic N) is 1. The predicted molar refractivity (Wildman–Crippen MR) is 92.5 cm³/mol. The van der Waals surface area contributed by atoms with Gasteiger partial charge in [0.1, 0.15) is 6.04 Å². The van der Waals surface area contributed by atoms with Gasteiger partial charge in [0, 0.05) is 22.3 Å². The van der Waals surface area contributed by atoms with Gasteiger partial charge in [0.05, 0.1) is 10.5 Å².